The van der Waals surface area contributed by atoms with Gasteiger partial charge in [0.15, 0.2) is 0 Å². The Labute approximate surface area is 134 Å². The van der Waals surface area contributed by atoms with E-state index in [0.29, 0.717) is 0 Å². The summed E-state index contributed by atoms with van der Waals surface area (Å²) in [5.41, 5.74) is 3.89. The molecule has 0 amide bonds. The fourth-order valence-corrected chi connectivity index (χ4v) is 4.61. The SMILES string of the molecule is [2H]N1C(C)(C)Cc2c(c3ccccc3n2C)C12CCN(C)CC2. The maximum absolute atomic E-state index is 9.00. The average molecular weight is 298 g/mol. The van der Waals surface area contributed by atoms with Gasteiger partial charge in [-0.05, 0) is 52.9 Å². The molecular formula is C19H27N3. The standard InChI is InChI=1S/C19H27N3/c1-18(2)13-16-17(14-7-5-6-8-15(14)22(16)4)19(20-18)9-11-21(3)12-10-19/h5-8,20H,9-13H2,1-4H3/i/hD. The lowest BCUT2D eigenvalue weighted by Crippen LogP contribution is -2.61. The van der Waals surface area contributed by atoms with E-state index >= 15 is 0 Å². The Morgan fingerprint density at radius 3 is 2.55 bits per heavy atom. The van der Waals surface area contributed by atoms with Crippen LogP contribution >= 0.6 is 0 Å². The third kappa shape index (κ3) is 1.95. The Bertz CT molecular complexity index is 753. The van der Waals surface area contributed by atoms with E-state index in [1.807, 2.05) is 5.31 Å². The second-order valence-corrected chi connectivity index (χ2v) is 7.83. The molecule has 0 aliphatic carbocycles. The second-order valence-electron chi connectivity index (χ2n) is 7.83. The van der Waals surface area contributed by atoms with Crippen LogP contribution in [0, 0.1) is 0 Å². The average Bonchev–Trinajstić information content (AvgIpc) is 2.81. The highest BCUT2D eigenvalue weighted by Crippen LogP contribution is 2.45. The van der Waals surface area contributed by atoms with Crippen molar-refractivity contribution in [1.82, 2.24) is 14.8 Å². The molecule has 0 unspecified atom stereocenters. The van der Waals surface area contributed by atoms with Crippen LogP contribution < -0.4 is 5.31 Å². The predicted octanol–water partition coefficient (Wildman–Crippen LogP) is 3.02. The first-order valence-electron chi connectivity index (χ1n) is 8.86. The third-order valence-corrected chi connectivity index (χ3v) is 5.62. The second kappa shape index (κ2) is 4.59. The van der Waals surface area contributed by atoms with Gasteiger partial charge < -0.3 is 14.8 Å². The summed E-state index contributed by atoms with van der Waals surface area (Å²) in [6.45, 7) is 6.57. The maximum Gasteiger partial charge on any atom is 0.124 e. The van der Waals surface area contributed by atoms with Gasteiger partial charge in [-0.1, -0.05) is 18.2 Å². The van der Waals surface area contributed by atoms with Gasteiger partial charge in [0.1, 0.15) is 1.41 Å². The largest absolute Gasteiger partial charge is 0.347 e. The molecule has 1 aromatic carbocycles. The van der Waals surface area contributed by atoms with E-state index in [-0.39, 0.29) is 11.1 Å². The lowest BCUT2D eigenvalue weighted by molar-refractivity contribution is 0.110. The number of aryl methyl sites for hydroxylation is 1. The minimum atomic E-state index is -0.148. The number of hydrogen-bond donors (Lipinski definition) is 1. The summed E-state index contributed by atoms with van der Waals surface area (Å²) in [6, 6.07) is 8.73. The van der Waals surface area contributed by atoms with E-state index in [9.17, 15) is 0 Å². The summed E-state index contributed by atoms with van der Waals surface area (Å²) >= 11 is 0. The molecule has 0 bridgehead atoms. The van der Waals surface area contributed by atoms with Crippen molar-refractivity contribution in [1.29, 1.82) is 0 Å². The summed E-state index contributed by atoms with van der Waals surface area (Å²) in [5, 5.41) is 3.30. The van der Waals surface area contributed by atoms with Crippen LogP contribution in [-0.2, 0) is 19.0 Å². The third-order valence-electron chi connectivity index (χ3n) is 5.62. The van der Waals surface area contributed by atoms with Crippen molar-refractivity contribution < 1.29 is 1.41 Å². The molecule has 1 saturated heterocycles. The lowest BCUT2D eigenvalue weighted by Gasteiger charge is -2.50. The Morgan fingerprint density at radius 2 is 1.82 bits per heavy atom. The fourth-order valence-electron chi connectivity index (χ4n) is 4.61. The van der Waals surface area contributed by atoms with Gasteiger partial charge in [0.25, 0.3) is 0 Å². The molecule has 1 spiro atoms. The molecule has 3 nitrogen and oxygen atoms in total. The highest BCUT2D eigenvalue weighted by atomic mass is 15.2. The summed E-state index contributed by atoms with van der Waals surface area (Å²) in [5.74, 6) is 0. The number of fused-ring (bicyclic) bond motifs is 4. The van der Waals surface area contributed by atoms with E-state index in [2.05, 4.69) is 61.7 Å². The molecule has 1 aromatic heterocycles. The molecule has 4 rings (SSSR count). The number of piperidine rings is 1. The number of hydrogen-bond acceptors (Lipinski definition) is 2. The van der Waals surface area contributed by atoms with Gasteiger partial charge in [-0.15, -0.1) is 0 Å². The zero-order valence-corrected chi connectivity index (χ0v) is 14.2. The minimum Gasteiger partial charge on any atom is -0.347 e. The normalized spacial score (nSPS) is 25.4. The van der Waals surface area contributed by atoms with Crippen LogP contribution in [0.4, 0.5) is 0 Å². The van der Waals surface area contributed by atoms with Crippen LogP contribution in [0.15, 0.2) is 24.3 Å². The molecule has 3 heteroatoms. The first kappa shape index (κ1) is 13.1. The highest BCUT2D eigenvalue weighted by Gasteiger charge is 2.46. The topological polar surface area (TPSA) is 20.2 Å². The van der Waals surface area contributed by atoms with Gasteiger partial charge >= 0.3 is 0 Å². The van der Waals surface area contributed by atoms with Crippen LogP contribution in [0.3, 0.4) is 0 Å². The number of benzene rings is 1. The Hall–Kier alpha value is -1.32. The van der Waals surface area contributed by atoms with Crippen molar-refractivity contribution in [3.8, 4) is 0 Å². The fraction of sp³-hybridized carbons (Fsp3) is 0.579. The molecule has 3 heterocycles. The van der Waals surface area contributed by atoms with E-state index in [4.69, 9.17) is 1.41 Å². The summed E-state index contributed by atoms with van der Waals surface area (Å²) in [6.07, 6.45) is 3.02. The van der Waals surface area contributed by atoms with Crippen molar-refractivity contribution in [2.24, 2.45) is 7.05 Å². The molecule has 2 aromatic rings. The highest BCUT2D eigenvalue weighted by molar-refractivity contribution is 5.87. The van der Waals surface area contributed by atoms with Crippen molar-refractivity contribution in [3.05, 3.63) is 35.5 Å². The summed E-state index contributed by atoms with van der Waals surface area (Å²) in [7, 11) is 4.39. The van der Waals surface area contributed by atoms with Crippen molar-refractivity contribution in [2.45, 2.75) is 44.2 Å². The van der Waals surface area contributed by atoms with Gasteiger partial charge in [0, 0.05) is 46.7 Å². The molecule has 2 aliphatic rings. The van der Waals surface area contributed by atoms with Crippen molar-refractivity contribution in [2.75, 3.05) is 20.1 Å². The molecule has 118 valence electrons. The number of nitrogens with zero attached hydrogens (tertiary/aromatic N) is 2. The van der Waals surface area contributed by atoms with Crippen LogP contribution in [0.1, 0.15) is 37.9 Å². The molecule has 1 N–H and O–H groups in total. The van der Waals surface area contributed by atoms with Crippen LogP contribution in [-0.4, -0.2) is 35.1 Å². The first-order chi connectivity index (χ1) is 10.9. The molecule has 0 saturated carbocycles. The van der Waals surface area contributed by atoms with Gasteiger partial charge in [-0.25, -0.2) is 0 Å². The monoisotopic (exact) mass is 298 g/mol. The summed E-state index contributed by atoms with van der Waals surface area (Å²) in [4.78, 5) is 2.39. The van der Waals surface area contributed by atoms with Crippen molar-refractivity contribution >= 4 is 10.9 Å². The van der Waals surface area contributed by atoms with Gasteiger partial charge in [0.2, 0.25) is 0 Å². The Balaban J connectivity index is 2.02. The van der Waals surface area contributed by atoms with E-state index < -0.39 is 0 Å². The molecule has 22 heavy (non-hydrogen) atoms. The zero-order chi connectivity index (χ0) is 16.4. The van der Waals surface area contributed by atoms with Crippen molar-refractivity contribution in [3.63, 3.8) is 0 Å². The number of nitrogens with one attached hydrogen (secondary N) is 1. The van der Waals surface area contributed by atoms with Gasteiger partial charge in [0.05, 0.1) is 0 Å². The van der Waals surface area contributed by atoms with Gasteiger partial charge in [-0.2, -0.15) is 0 Å². The zero-order valence-electron chi connectivity index (χ0n) is 15.2. The van der Waals surface area contributed by atoms with Crippen LogP contribution in [0.2, 0.25) is 1.41 Å². The molecule has 1 fully saturated rings. The number of likely N-dealkylation sites (tertiary alicyclic amines) is 1. The Morgan fingerprint density at radius 1 is 1.14 bits per heavy atom. The summed E-state index contributed by atoms with van der Waals surface area (Å²) < 4.78 is 11.4. The molecular weight excluding hydrogens is 270 g/mol. The minimum absolute atomic E-state index is 0.134. The molecule has 0 radical (unpaired) electrons. The number of rotatable bonds is 0. The Kier molecular flexibility index (Phi) is 2.74. The van der Waals surface area contributed by atoms with E-state index in [0.717, 1.165) is 32.4 Å². The molecule has 0 atom stereocenters. The van der Waals surface area contributed by atoms with Crippen LogP contribution in [0.5, 0.6) is 0 Å². The predicted molar refractivity (Wildman–Crippen MR) is 92.2 cm³/mol. The first-order valence-corrected chi connectivity index (χ1v) is 8.41. The number of para-hydroxylation sites is 1. The molecule has 2 aliphatic heterocycles. The van der Waals surface area contributed by atoms with Crippen LogP contribution in [0.25, 0.3) is 10.9 Å². The smallest absolute Gasteiger partial charge is 0.124 e. The maximum atomic E-state index is 9.00. The van der Waals surface area contributed by atoms with E-state index in [1.54, 1.807) is 0 Å². The number of aromatic nitrogens is 1. The van der Waals surface area contributed by atoms with E-state index in [1.165, 1.54) is 22.2 Å². The lowest BCUT2D eigenvalue weighted by atomic mass is 9.72. The van der Waals surface area contributed by atoms with Gasteiger partial charge in [-0.3, -0.25) is 0 Å². The quantitative estimate of drug-likeness (QED) is 0.807.